The lowest BCUT2D eigenvalue weighted by Crippen LogP contribution is -2.37. The Morgan fingerprint density at radius 2 is 1.53 bits per heavy atom. The van der Waals surface area contributed by atoms with Gasteiger partial charge in [-0.15, -0.1) is 0 Å². The zero-order chi connectivity index (χ0) is 13.3. The van der Waals surface area contributed by atoms with Gasteiger partial charge in [-0.05, 0) is 26.7 Å². The molecule has 0 aliphatic rings. The van der Waals surface area contributed by atoms with Crippen LogP contribution in [0.5, 0.6) is 0 Å². The molecule has 0 saturated carbocycles. The normalized spacial score (nSPS) is 12.8. The van der Waals surface area contributed by atoms with E-state index in [4.69, 9.17) is 0 Å². The van der Waals surface area contributed by atoms with Crippen molar-refractivity contribution in [1.29, 1.82) is 0 Å². The van der Waals surface area contributed by atoms with Gasteiger partial charge in [0, 0.05) is 19.0 Å². The molecule has 0 aromatic carbocycles. The number of nitrogens with zero attached hydrogens (tertiary/aromatic N) is 1. The Morgan fingerprint density at radius 1 is 1.00 bits per heavy atom. The van der Waals surface area contributed by atoms with Gasteiger partial charge < -0.3 is 4.90 Å². The fourth-order valence-electron chi connectivity index (χ4n) is 2.03. The highest BCUT2D eigenvalue weighted by Crippen LogP contribution is 2.20. The lowest BCUT2D eigenvalue weighted by molar-refractivity contribution is -0.136. The molecule has 0 spiro atoms. The van der Waals surface area contributed by atoms with Crippen LogP contribution in [0.15, 0.2) is 0 Å². The minimum atomic E-state index is 0.258. The number of rotatable bonds is 9. The first-order valence-electron chi connectivity index (χ1n) is 7.31. The zero-order valence-electron chi connectivity index (χ0n) is 12.5. The summed E-state index contributed by atoms with van der Waals surface area (Å²) >= 11 is 0. The van der Waals surface area contributed by atoms with Crippen molar-refractivity contribution in [3.8, 4) is 0 Å². The molecule has 0 aromatic heterocycles. The highest BCUT2D eigenvalue weighted by Gasteiger charge is 2.22. The molecule has 0 heterocycles. The molecule has 17 heavy (non-hydrogen) atoms. The Labute approximate surface area is 108 Å². The van der Waals surface area contributed by atoms with Crippen LogP contribution in [0.3, 0.4) is 0 Å². The molecule has 2 nitrogen and oxygen atoms in total. The van der Waals surface area contributed by atoms with Crippen molar-refractivity contribution in [2.75, 3.05) is 7.05 Å². The third kappa shape index (κ3) is 6.70. The second kappa shape index (κ2) is 9.49. The lowest BCUT2D eigenvalue weighted by Gasteiger charge is -2.27. The third-order valence-corrected chi connectivity index (χ3v) is 3.53. The number of carbonyl (C=O) groups is 1. The van der Waals surface area contributed by atoms with Crippen molar-refractivity contribution in [2.24, 2.45) is 5.92 Å². The van der Waals surface area contributed by atoms with Crippen molar-refractivity contribution in [2.45, 2.75) is 78.7 Å². The molecule has 0 fully saturated rings. The monoisotopic (exact) mass is 241 g/mol. The summed E-state index contributed by atoms with van der Waals surface area (Å²) in [4.78, 5) is 14.2. The maximum absolute atomic E-state index is 12.3. The molecule has 0 N–H and O–H groups in total. The molecule has 0 aliphatic carbocycles. The number of hydrogen-bond donors (Lipinski definition) is 0. The lowest BCUT2D eigenvalue weighted by atomic mass is 9.94. The Hall–Kier alpha value is -0.530. The molecular weight excluding hydrogens is 210 g/mol. The quantitative estimate of drug-likeness (QED) is 0.553. The summed E-state index contributed by atoms with van der Waals surface area (Å²) in [5.74, 6) is 0.610. The van der Waals surface area contributed by atoms with Gasteiger partial charge in [-0.1, -0.05) is 46.0 Å². The zero-order valence-corrected chi connectivity index (χ0v) is 12.5. The second-order valence-electron chi connectivity index (χ2n) is 5.38. The van der Waals surface area contributed by atoms with Crippen molar-refractivity contribution in [1.82, 2.24) is 4.90 Å². The standard InChI is InChI=1S/C15H31NO/c1-6-8-10-12-14(11-9-7-2)15(17)16(5)13(3)4/h13-14H,6-12H2,1-5H3. The minimum absolute atomic E-state index is 0.258. The van der Waals surface area contributed by atoms with E-state index in [1.165, 1.54) is 32.1 Å². The Morgan fingerprint density at radius 3 is 2.00 bits per heavy atom. The van der Waals surface area contributed by atoms with Gasteiger partial charge in [0.2, 0.25) is 5.91 Å². The van der Waals surface area contributed by atoms with Crippen LogP contribution in [0.4, 0.5) is 0 Å². The van der Waals surface area contributed by atoms with Crippen molar-refractivity contribution >= 4 is 5.91 Å². The largest absolute Gasteiger partial charge is 0.343 e. The van der Waals surface area contributed by atoms with Gasteiger partial charge in [0.25, 0.3) is 0 Å². The Bertz CT molecular complexity index is 201. The predicted octanol–water partition coefficient (Wildman–Crippen LogP) is 4.24. The molecule has 0 saturated heterocycles. The van der Waals surface area contributed by atoms with Gasteiger partial charge >= 0.3 is 0 Å². The molecule has 1 amide bonds. The van der Waals surface area contributed by atoms with E-state index in [0.717, 1.165) is 12.8 Å². The molecule has 0 radical (unpaired) electrons. The minimum Gasteiger partial charge on any atom is -0.343 e. The number of carbonyl (C=O) groups excluding carboxylic acids is 1. The van der Waals surface area contributed by atoms with E-state index in [9.17, 15) is 4.79 Å². The Kier molecular flexibility index (Phi) is 9.20. The Balaban J connectivity index is 4.28. The molecule has 0 aliphatic heterocycles. The van der Waals surface area contributed by atoms with E-state index in [2.05, 4.69) is 27.7 Å². The van der Waals surface area contributed by atoms with Crippen LogP contribution >= 0.6 is 0 Å². The fraction of sp³-hybridized carbons (Fsp3) is 0.933. The van der Waals surface area contributed by atoms with Gasteiger partial charge in [0.1, 0.15) is 0 Å². The fourth-order valence-corrected chi connectivity index (χ4v) is 2.03. The molecule has 0 aromatic rings. The summed E-state index contributed by atoms with van der Waals surface area (Å²) in [6.45, 7) is 8.57. The maximum atomic E-state index is 12.3. The van der Waals surface area contributed by atoms with Crippen LogP contribution < -0.4 is 0 Å². The molecule has 0 rings (SSSR count). The van der Waals surface area contributed by atoms with Crippen LogP contribution in [-0.4, -0.2) is 23.9 Å². The van der Waals surface area contributed by atoms with Crippen LogP contribution in [0.2, 0.25) is 0 Å². The summed E-state index contributed by atoms with van der Waals surface area (Å²) in [5.41, 5.74) is 0. The molecule has 2 heteroatoms. The number of unbranched alkanes of at least 4 members (excludes halogenated alkanes) is 3. The molecule has 1 atom stereocenters. The van der Waals surface area contributed by atoms with Crippen LogP contribution in [0.1, 0.15) is 72.6 Å². The van der Waals surface area contributed by atoms with Gasteiger partial charge in [0.15, 0.2) is 0 Å². The highest BCUT2D eigenvalue weighted by molar-refractivity contribution is 5.78. The summed E-state index contributed by atoms with van der Waals surface area (Å²) in [5, 5.41) is 0. The topological polar surface area (TPSA) is 20.3 Å². The molecular formula is C15H31NO. The average molecular weight is 241 g/mol. The van der Waals surface area contributed by atoms with E-state index < -0.39 is 0 Å². The summed E-state index contributed by atoms with van der Waals surface area (Å²) in [6, 6.07) is 0.317. The smallest absolute Gasteiger partial charge is 0.225 e. The van der Waals surface area contributed by atoms with E-state index >= 15 is 0 Å². The van der Waals surface area contributed by atoms with Crippen molar-refractivity contribution in [3.05, 3.63) is 0 Å². The molecule has 102 valence electrons. The van der Waals surface area contributed by atoms with Crippen molar-refractivity contribution < 1.29 is 4.79 Å². The molecule has 0 bridgehead atoms. The second-order valence-corrected chi connectivity index (χ2v) is 5.38. The van der Waals surface area contributed by atoms with Gasteiger partial charge in [0.05, 0.1) is 0 Å². The predicted molar refractivity (Wildman–Crippen MR) is 75.1 cm³/mol. The van der Waals surface area contributed by atoms with E-state index in [-0.39, 0.29) is 5.92 Å². The van der Waals surface area contributed by atoms with E-state index in [1.807, 2.05) is 11.9 Å². The average Bonchev–Trinajstić information content (AvgIpc) is 2.31. The first kappa shape index (κ1) is 16.5. The summed E-state index contributed by atoms with van der Waals surface area (Å²) in [6.07, 6.45) is 8.18. The van der Waals surface area contributed by atoms with Gasteiger partial charge in [-0.2, -0.15) is 0 Å². The maximum Gasteiger partial charge on any atom is 0.225 e. The first-order chi connectivity index (χ1) is 8.04. The summed E-state index contributed by atoms with van der Waals surface area (Å²) in [7, 11) is 1.94. The van der Waals surface area contributed by atoms with E-state index in [0.29, 0.717) is 11.9 Å². The van der Waals surface area contributed by atoms with Crippen LogP contribution in [0, 0.1) is 5.92 Å². The summed E-state index contributed by atoms with van der Waals surface area (Å²) < 4.78 is 0. The van der Waals surface area contributed by atoms with Crippen molar-refractivity contribution in [3.63, 3.8) is 0 Å². The number of amides is 1. The SMILES string of the molecule is CCCCCC(CCCC)C(=O)N(C)C(C)C. The third-order valence-electron chi connectivity index (χ3n) is 3.53. The van der Waals surface area contributed by atoms with Crippen LogP contribution in [-0.2, 0) is 4.79 Å². The van der Waals surface area contributed by atoms with Crippen LogP contribution in [0.25, 0.3) is 0 Å². The van der Waals surface area contributed by atoms with Gasteiger partial charge in [-0.3, -0.25) is 4.79 Å². The highest BCUT2D eigenvalue weighted by atomic mass is 16.2. The van der Waals surface area contributed by atoms with E-state index in [1.54, 1.807) is 0 Å². The number of hydrogen-bond acceptors (Lipinski definition) is 1. The first-order valence-corrected chi connectivity index (χ1v) is 7.31. The molecule has 1 unspecified atom stereocenters. The van der Waals surface area contributed by atoms with Gasteiger partial charge in [-0.25, -0.2) is 0 Å².